The fraction of sp³-hybridized carbons (Fsp3) is 0.500. The number of aromatic hydroxyl groups is 1. The van der Waals surface area contributed by atoms with Crippen molar-refractivity contribution in [3.63, 3.8) is 0 Å². The molecular weight excluding hydrogens is 310 g/mol. The van der Waals surface area contributed by atoms with Crippen LogP contribution in [0.2, 0.25) is 0 Å². The number of phenols is 1. The lowest BCUT2D eigenvalue weighted by molar-refractivity contribution is -0.155. The lowest BCUT2D eigenvalue weighted by Crippen LogP contribution is -2.66. The maximum Gasteiger partial charge on any atom is 0.255 e. The summed E-state index contributed by atoms with van der Waals surface area (Å²) >= 11 is 0. The van der Waals surface area contributed by atoms with Crippen LogP contribution < -0.4 is 14.8 Å². The monoisotopic (exact) mass is 325 g/mol. The molecule has 9 heteroatoms. The third-order valence-electron chi connectivity index (χ3n) is 4.73. The van der Waals surface area contributed by atoms with E-state index in [1.54, 1.807) is 0 Å². The molecule has 0 unspecified atom stereocenters. The highest BCUT2D eigenvalue weighted by atomic mass is 16.7. The van der Waals surface area contributed by atoms with Gasteiger partial charge in [0.05, 0.1) is 17.7 Å². The van der Waals surface area contributed by atoms with E-state index in [4.69, 9.17) is 9.47 Å². The summed E-state index contributed by atoms with van der Waals surface area (Å²) in [6.45, 7) is -0.117. The lowest BCUT2D eigenvalue weighted by atomic mass is 9.70. The molecule has 1 aromatic carbocycles. The van der Waals surface area contributed by atoms with E-state index in [2.05, 4.69) is 5.32 Å². The number of fused-ring (bicyclic) bond motifs is 4. The fourth-order valence-electron chi connectivity index (χ4n) is 3.58. The van der Waals surface area contributed by atoms with Gasteiger partial charge in [-0.1, -0.05) is 0 Å². The largest absolute Gasteiger partial charge is 0.504 e. The summed E-state index contributed by atoms with van der Waals surface area (Å²) in [6, 6.07) is 0.428. The Bertz CT molecular complexity index is 692. The van der Waals surface area contributed by atoms with E-state index in [0.29, 0.717) is 0 Å². The van der Waals surface area contributed by atoms with Gasteiger partial charge >= 0.3 is 0 Å². The summed E-state index contributed by atoms with van der Waals surface area (Å²) in [7, 11) is 0. The van der Waals surface area contributed by atoms with Gasteiger partial charge in [-0.05, 0) is 11.6 Å². The molecule has 1 saturated carbocycles. The Morgan fingerprint density at radius 2 is 1.74 bits per heavy atom. The molecular formula is C14H15NO8. The van der Waals surface area contributed by atoms with E-state index in [9.17, 15) is 30.3 Å². The quantitative estimate of drug-likeness (QED) is 0.314. The van der Waals surface area contributed by atoms with Crippen molar-refractivity contribution in [2.45, 2.75) is 36.4 Å². The minimum absolute atomic E-state index is 0.0313. The number of ether oxygens (including phenoxy) is 2. The second-order valence-corrected chi connectivity index (χ2v) is 5.91. The zero-order chi connectivity index (χ0) is 16.5. The van der Waals surface area contributed by atoms with E-state index in [1.807, 2.05) is 0 Å². The van der Waals surface area contributed by atoms with Crippen molar-refractivity contribution in [2.75, 3.05) is 6.79 Å². The maximum atomic E-state index is 12.3. The number of phenolic OH excluding ortho intramolecular Hbond substituents is 1. The molecule has 0 saturated heterocycles. The van der Waals surface area contributed by atoms with Gasteiger partial charge in [0.1, 0.15) is 18.3 Å². The molecule has 124 valence electrons. The van der Waals surface area contributed by atoms with Gasteiger partial charge in [0.2, 0.25) is 12.5 Å². The molecule has 6 N–H and O–H groups in total. The Morgan fingerprint density at radius 1 is 1.04 bits per heavy atom. The number of benzene rings is 1. The van der Waals surface area contributed by atoms with E-state index in [-0.39, 0.29) is 29.4 Å². The molecule has 1 amide bonds. The van der Waals surface area contributed by atoms with Gasteiger partial charge in [-0.2, -0.15) is 0 Å². The first kappa shape index (κ1) is 14.5. The summed E-state index contributed by atoms with van der Waals surface area (Å²) in [4.78, 5) is 12.3. The summed E-state index contributed by atoms with van der Waals surface area (Å²) in [6.07, 6.45) is -6.11. The average Bonchev–Trinajstić information content (AvgIpc) is 2.99. The van der Waals surface area contributed by atoms with E-state index in [1.165, 1.54) is 6.07 Å². The second-order valence-electron chi connectivity index (χ2n) is 5.91. The number of amides is 1. The number of hydrogen-bond donors (Lipinski definition) is 6. The van der Waals surface area contributed by atoms with E-state index in [0.717, 1.165) is 0 Å². The first-order chi connectivity index (χ1) is 10.9. The molecule has 6 atom stereocenters. The highest BCUT2D eigenvalue weighted by Crippen LogP contribution is 2.49. The van der Waals surface area contributed by atoms with Crippen molar-refractivity contribution < 1.29 is 39.8 Å². The number of hydrogen-bond acceptors (Lipinski definition) is 8. The van der Waals surface area contributed by atoms with Gasteiger partial charge in [0, 0.05) is 5.92 Å². The van der Waals surface area contributed by atoms with Crippen LogP contribution in [-0.4, -0.2) is 68.7 Å². The molecule has 2 aliphatic heterocycles. The maximum absolute atomic E-state index is 12.3. The first-order valence-corrected chi connectivity index (χ1v) is 7.10. The van der Waals surface area contributed by atoms with Crippen molar-refractivity contribution in [2.24, 2.45) is 0 Å². The van der Waals surface area contributed by atoms with E-state index < -0.39 is 48.0 Å². The normalized spacial score (nSPS) is 37.8. The number of nitrogens with one attached hydrogen (secondary N) is 1. The summed E-state index contributed by atoms with van der Waals surface area (Å²) in [5.41, 5.74) is 0.114. The zero-order valence-electron chi connectivity index (χ0n) is 11.7. The standard InChI is InChI=1S/C14H15NO8/c16-8-5-3-1-4-13(23-2-22-4)9(17)6(3)14(21)15-7(5)10(18)12(20)11(8)19/h1,5,7-8,10-12,16-20H,2H2,(H,15,21)/t5-,7-,8-,10-,11+,12+/m1/s1. The smallest absolute Gasteiger partial charge is 0.255 e. The van der Waals surface area contributed by atoms with Gasteiger partial charge in [0.25, 0.3) is 5.91 Å². The van der Waals surface area contributed by atoms with Crippen molar-refractivity contribution >= 4 is 5.91 Å². The Balaban J connectivity index is 1.91. The van der Waals surface area contributed by atoms with E-state index >= 15 is 0 Å². The van der Waals surface area contributed by atoms with Crippen LogP contribution in [0.3, 0.4) is 0 Å². The van der Waals surface area contributed by atoms with Crippen LogP contribution >= 0.6 is 0 Å². The first-order valence-electron chi connectivity index (χ1n) is 7.10. The molecule has 23 heavy (non-hydrogen) atoms. The Morgan fingerprint density at radius 3 is 2.48 bits per heavy atom. The molecule has 1 aromatic rings. The van der Waals surface area contributed by atoms with Gasteiger partial charge in [-0.3, -0.25) is 4.79 Å². The van der Waals surface area contributed by atoms with Crippen molar-refractivity contribution in [3.05, 3.63) is 17.2 Å². The van der Waals surface area contributed by atoms with Gasteiger partial charge in [0.15, 0.2) is 11.5 Å². The molecule has 4 rings (SSSR count). The SMILES string of the molecule is O=C1N[C@H]2[C@@H](O)[C@H](O)[C@@H](O)[C@H](O)[C@@H]2c2cc3c(c(O)c21)OCO3. The van der Waals surface area contributed by atoms with Gasteiger partial charge in [-0.25, -0.2) is 0 Å². The molecule has 1 aliphatic carbocycles. The van der Waals surface area contributed by atoms with Gasteiger partial charge < -0.3 is 40.3 Å². The predicted molar refractivity (Wildman–Crippen MR) is 72.3 cm³/mol. The molecule has 0 bridgehead atoms. The van der Waals surface area contributed by atoms with Crippen molar-refractivity contribution in [1.82, 2.24) is 5.32 Å². The molecule has 3 aliphatic rings. The summed E-state index contributed by atoms with van der Waals surface area (Å²) < 4.78 is 10.3. The Hall–Kier alpha value is -2.07. The second kappa shape index (κ2) is 4.71. The number of aliphatic hydroxyl groups is 4. The number of rotatable bonds is 0. The zero-order valence-corrected chi connectivity index (χ0v) is 11.7. The third kappa shape index (κ3) is 1.78. The molecule has 9 nitrogen and oxygen atoms in total. The molecule has 0 spiro atoms. The highest BCUT2D eigenvalue weighted by molar-refractivity contribution is 6.01. The van der Waals surface area contributed by atoms with Crippen molar-refractivity contribution in [3.8, 4) is 17.2 Å². The van der Waals surface area contributed by atoms with Crippen LogP contribution in [0.1, 0.15) is 21.8 Å². The Labute approximate surface area is 129 Å². The van der Waals surface area contributed by atoms with Crippen LogP contribution in [0.5, 0.6) is 17.2 Å². The molecule has 2 heterocycles. The molecule has 0 aromatic heterocycles. The minimum Gasteiger partial charge on any atom is -0.504 e. The predicted octanol–water partition coefficient (Wildman–Crippen LogP) is -2.23. The highest BCUT2D eigenvalue weighted by Gasteiger charge is 2.53. The molecule has 0 radical (unpaired) electrons. The van der Waals surface area contributed by atoms with Crippen LogP contribution in [0.15, 0.2) is 6.07 Å². The number of carbonyl (C=O) groups is 1. The summed E-state index contributed by atoms with van der Waals surface area (Å²) in [5, 5.41) is 52.9. The van der Waals surface area contributed by atoms with Crippen LogP contribution in [0.25, 0.3) is 0 Å². The average molecular weight is 325 g/mol. The topological polar surface area (TPSA) is 149 Å². The summed E-state index contributed by atoms with van der Waals surface area (Å²) in [5.74, 6) is -1.78. The molecule has 1 fully saturated rings. The number of aliphatic hydroxyl groups excluding tert-OH is 4. The minimum atomic E-state index is -1.60. The lowest BCUT2D eigenvalue weighted by Gasteiger charge is -2.47. The number of carbonyl (C=O) groups excluding carboxylic acids is 1. The van der Waals surface area contributed by atoms with Crippen LogP contribution in [0.4, 0.5) is 0 Å². The third-order valence-corrected chi connectivity index (χ3v) is 4.73. The van der Waals surface area contributed by atoms with Gasteiger partial charge in [-0.15, -0.1) is 0 Å². The van der Waals surface area contributed by atoms with Crippen LogP contribution in [-0.2, 0) is 0 Å². The fourth-order valence-corrected chi connectivity index (χ4v) is 3.58. The Kier molecular flexibility index (Phi) is 2.97. The van der Waals surface area contributed by atoms with Crippen molar-refractivity contribution in [1.29, 1.82) is 0 Å². The van der Waals surface area contributed by atoms with Crippen LogP contribution in [0, 0.1) is 0 Å².